The molecule has 4 aromatic rings. The Bertz CT molecular complexity index is 1430. The van der Waals surface area contributed by atoms with Gasteiger partial charge in [-0.05, 0) is 67.8 Å². The Kier molecular flexibility index (Phi) is 8.62. The van der Waals surface area contributed by atoms with E-state index in [-0.39, 0.29) is 18.1 Å². The van der Waals surface area contributed by atoms with E-state index in [0.29, 0.717) is 34.0 Å². The summed E-state index contributed by atoms with van der Waals surface area (Å²) in [5, 5.41) is 1.14. The molecule has 0 saturated carbocycles. The summed E-state index contributed by atoms with van der Waals surface area (Å²) in [7, 11) is 0. The highest BCUT2D eigenvalue weighted by Gasteiger charge is 2.27. The molecule has 1 heterocycles. The molecule has 4 rings (SSSR count). The van der Waals surface area contributed by atoms with E-state index in [1.807, 2.05) is 49.4 Å². The molecule has 0 aliphatic rings. The van der Waals surface area contributed by atoms with Gasteiger partial charge < -0.3 is 9.64 Å². The summed E-state index contributed by atoms with van der Waals surface area (Å²) >= 11 is 5.97. The van der Waals surface area contributed by atoms with Crippen LogP contribution in [0.15, 0.2) is 77.6 Å². The number of ether oxygens (including phenoxy) is 1. The first-order valence-corrected chi connectivity index (χ1v) is 13.1. The quantitative estimate of drug-likeness (QED) is 0.245. The standard InChI is InChI=1S/C30H32ClN3O3/c1-4-6-19-33(28(35)20-37-24-17-15-23(31)16-18-24)21(3)29-32-26-13-9-8-12-25(26)30(36)34(29)27-14-10-7-11-22(27)5-2/h7-18,21H,4-6,19-20H2,1-3H3. The Morgan fingerprint density at radius 2 is 1.73 bits per heavy atom. The van der Waals surface area contributed by atoms with Gasteiger partial charge in [-0.1, -0.05) is 62.2 Å². The minimum absolute atomic E-state index is 0.126. The summed E-state index contributed by atoms with van der Waals surface area (Å²) in [6.07, 6.45) is 2.50. The zero-order chi connectivity index (χ0) is 26.4. The number of unbranched alkanes of at least 4 members (excludes halogenated alkanes) is 1. The molecule has 0 aliphatic carbocycles. The first-order valence-electron chi connectivity index (χ1n) is 12.7. The first-order chi connectivity index (χ1) is 17.9. The van der Waals surface area contributed by atoms with Gasteiger partial charge in [0.1, 0.15) is 11.6 Å². The lowest BCUT2D eigenvalue weighted by Crippen LogP contribution is -2.40. The van der Waals surface area contributed by atoms with Gasteiger partial charge in [0.25, 0.3) is 11.5 Å². The number of carbonyl (C=O) groups excluding carboxylic acids is 1. The molecular formula is C30H32ClN3O3. The third kappa shape index (κ3) is 5.86. The smallest absolute Gasteiger partial charge is 0.266 e. The third-order valence-corrected chi connectivity index (χ3v) is 6.76. The lowest BCUT2D eigenvalue weighted by atomic mass is 10.1. The van der Waals surface area contributed by atoms with Crippen LogP contribution in [0.3, 0.4) is 0 Å². The van der Waals surface area contributed by atoms with Gasteiger partial charge in [0, 0.05) is 11.6 Å². The molecule has 3 aromatic carbocycles. The number of benzene rings is 3. The number of hydrogen-bond donors (Lipinski definition) is 0. The van der Waals surface area contributed by atoms with Crippen LogP contribution in [0.1, 0.15) is 51.0 Å². The second kappa shape index (κ2) is 12.1. The molecule has 0 fully saturated rings. The summed E-state index contributed by atoms with van der Waals surface area (Å²) in [5.74, 6) is 0.924. The number of nitrogens with zero attached hydrogens (tertiary/aromatic N) is 3. The fraction of sp³-hybridized carbons (Fsp3) is 0.300. The number of rotatable bonds is 10. The minimum Gasteiger partial charge on any atom is -0.484 e. The molecular weight excluding hydrogens is 486 g/mol. The van der Waals surface area contributed by atoms with Crippen molar-refractivity contribution in [3.8, 4) is 11.4 Å². The number of fused-ring (bicyclic) bond motifs is 1. The van der Waals surface area contributed by atoms with E-state index >= 15 is 0 Å². The molecule has 0 bridgehead atoms. The number of amides is 1. The van der Waals surface area contributed by atoms with Gasteiger partial charge in [0.05, 0.1) is 22.6 Å². The van der Waals surface area contributed by atoms with Crippen LogP contribution >= 0.6 is 11.6 Å². The van der Waals surface area contributed by atoms with E-state index < -0.39 is 6.04 Å². The van der Waals surface area contributed by atoms with Crippen LogP contribution in [0, 0.1) is 0 Å². The van der Waals surface area contributed by atoms with E-state index in [1.54, 1.807) is 39.8 Å². The van der Waals surface area contributed by atoms with Crippen molar-refractivity contribution in [1.29, 1.82) is 0 Å². The van der Waals surface area contributed by atoms with Crippen LogP contribution in [0.4, 0.5) is 0 Å². The summed E-state index contributed by atoms with van der Waals surface area (Å²) in [4.78, 5) is 34.0. The average molecular weight is 518 g/mol. The zero-order valence-corrected chi connectivity index (χ0v) is 22.2. The van der Waals surface area contributed by atoms with Gasteiger partial charge in [-0.15, -0.1) is 0 Å². The zero-order valence-electron chi connectivity index (χ0n) is 21.5. The second-order valence-corrected chi connectivity index (χ2v) is 9.41. The van der Waals surface area contributed by atoms with Crippen molar-refractivity contribution in [3.05, 3.63) is 99.6 Å². The van der Waals surface area contributed by atoms with Crippen LogP contribution in [-0.2, 0) is 11.2 Å². The number of para-hydroxylation sites is 2. The molecule has 0 aliphatic heterocycles. The molecule has 1 atom stereocenters. The van der Waals surface area contributed by atoms with Crippen LogP contribution in [0.2, 0.25) is 5.02 Å². The first kappa shape index (κ1) is 26.4. The van der Waals surface area contributed by atoms with Gasteiger partial charge in [-0.2, -0.15) is 0 Å². The summed E-state index contributed by atoms with van der Waals surface area (Å²) in [6.45, 7) is 6.47. The topological polar surface area (TPSA) is 64.4 Å². The summed E-state index contributed by atoms with van der Waals surface area (Å²) in [5.41, 5.74) is 2.29. The van der Waals surface area contributed by atoms with Gasteiger partial charge in [0.2, 0.25) is 0 Å². The summed E-state index contributed by atoms with van der Waals surface area (Å²) in [6, 6.07) is 21.7. The molecule has 37 heavy (non-hydrogen) atoms. The maximum absolute atomic E-state index is 13.9. The molecule has 0 saturated heterocycles. The third-order valence-electron chi connectivity index (χ3n) is 6.51. The fourth-order valence-corrected chi connectivity index (χ4v) is 4.58. The minimum atomic E-state index is -0.463. The highest BCUT2D eigenvalue weighted by atomic mass is 35.5. The number of carbonyl (C=O) groups is 1. The fourth-order valence-electron chi connectivity index (χ4n) is 4.45. The molecule has 7 heteroatoms. The van der Waals surface area contributed by atoms with Crippen molar-refractivity contribution in [2.75, 3.05) is 13.2 Å². The maximum atomic E-state index is 13.9. The Morgan fingerprint density at radius 3 is 2.46 bits per heavy atom. The highest BCUT2D eigenvalue weighted by Crippen LogP contribution is 2.25. The molecule has 1 aromatic heterocycles. The van der Waals surface area contributed by atoms with E-state index in [2.05, 4.69) is 13.8 Å². The molecule has 0 radical (unpaired) electrons. The van der Waals surface area contributed by atoms with Gasteiger partial charge in [-0.3, -0.25) is 14.2 Å². The van der Waals surface area contributed by atoms with E-state index in [0.717, 1.165) is 30.5 Å². The Morgan fingerprint density at radius 1 is 1.03 bits per heavy atom. The Hall–Kier alpha value is -3.64. The normalized spacial score (nSPS) is 11.9. The maximum Gasteiger partial charge on any atom is 0.266 e. The second-order valence-electron chi connectivity index (χ2n) is 8.97. The molecule has 192 valence electrons. The van der Waals surface area contributed by atoms with Crippen molar-refractivity contribution >= 4 is 28.4 Å². The predicted octanol–water partition coefficient (Wildman–Crippen LogP) is 6.37. The largest absolute Gasteiger partial charge is 0.484 e. The lowest BCUT2D eigenvalue weighted by molar-refractivity contribution is -0.135. The van der Waals surface area contributed by atoms with Crippen molar-refractivity contribution < 1.29 is 9.53 Å². The SMILES string of the molecule is CCCCN(C(=O)COc1ccc(Cl)cc1)C(C)c1nc2ccccc2c(=O)n1-c1ccccc1CC. The monoisotopic (exact) mass is 517 g/mol. The average Bonchev–Trinajstić information content (AvgIpc) is 2.92. The van der Waals surface area contributed by atoms with Crippen molar-refractivity contribution in [1.82, 2.24) is 14.5 Å². The van der Waals surface area contributed by atoms with Crippen LogP contribution in [-0.4, -0.2) is 33.5 Å². The Balaban J connectivity index is 1.78. The van der Waals surface area contributed by atoms with Crippen molar-refractivity contribution in [2.45, 2.75) is 46.1 Å². The van der Waals surface area contributed by atoms with E-state index in [4.69, 9.17) is 21.3 Å². The molecule has 6 nitrogen and oxygen atoms in total. The molecule has 1 unspecified atom stereocenters. The van der Waals surface area contributed by atoms with Gasteiger partial charge >= 0.3 is 0 Å². The van der Waals surface area contributed by atoms with E-state index in [1.165, 1.54) is 0 Å². The van der Waals surface area contributed by atoms with Gasteiger partial charge in [-0.25, -0.2) is 4.98 Å². The van der Waals surface area contributed by atoms with Crippen molar-refractivity contribution in [3.63, 3.8) is 0 Å². The number of aromatic nitrogens is 2. The number of aryl methyl sites for hydroxylation is 1. The predicted molar refractivity (Wildman–Crippen MR) is 149 cm³/mol. The summed E-state index contributed by atoms with van der Waals surface area (Å²) < 4.78 is 7.46. The van der Waals surface area contributed by atoms with Crippen LogP contribution in [0.25, 0.3) is 16.6 Å². The number of hydrogen-bond acceptors (Lipinski definition) is 4. The highest BCUT2D eigenvalue weighted by molar-refractivity contribution is 6.30. The van der Waals surface area contributed by atoms with Gasteiger partial charge in [0.15, 0.2) is 6.61 Å². The number of halogens is 1. The van der Waals surface area contributed by atoms with Crippen molar-refractivity contribution in [2.24, 2.45) is 0 Å². The van der Waals surface area contributed by atoms with Crippen LogP contribution in [0.5, 0.6) is 5.75 Å². The molecule has 0 N–H and O–H groups in total. The lowest BCUT2D eigenvalue weighted by Gasteiger charge is -2.31. The Labute approximate surface area is 222 Å². The van der Waals surface area contributed by atoms with Crippen LogP contribution < -0.4 is 10.3 Å². The molecule has 1 amide bonds. The molecule has 0 spiro atoms. The van der Waals surface area contributed by atoms with E-state index in [9.17, 15) is 9.59 Å².